The van der Waals surface area contributed by atoms with Crippen LogP contribution in [0.2, 0.25) is 0 Å². The Labute approximate surface area is 132 Å². The first-order valence-electron chi connectivity index (χ1n) is 7.53. The van der Waals surface area contributed by atoms with E-state index in [4.69, 9.17) is 4.74 Å². The van der Waals surface area contributed by atoms with E-state index < -0.39 is 0 Å². The van der Waals surface area contributed by atoms with E-state index in [1.54, 1.807) is 0 Å². The molecule has 1 N–H and O–H groups in total. The van der Waals surface area contributed by atoms with Gasteiger partial charge in [-0.15, -0.1) is 0 Å². The molecule has 2 aromatic carbocycles. The van der Waals surface area contributed by atoms with E-state index in [1.165, 1.54) is 5.56 Å². The van der Waals surface area contributed by atoms with Crippen LogP contribution in [0, 0.1) is 27.7 Å². The summed E-state index contributed by atoms with van der Waals surface area (Å²) >= 11 is 0. The van der Waals surface area contributed by atoms with Crippen LogP contribution in [0.25, 0.3) is 0 Å². The molecule has 0 aromatic heterocycles. The van der Waals surface area contributed by atoms with Crippen LogP contribution in [0.15, 0.2) is 36.4 Å². The van der Waals surface area contributed by atoms with Crippen molar-refractivity contribution in [3.63, 3.8) is 0 Å². The van der Waals surface area contributed by atoms with Gasteiger partial charge in [0.2, 0.25) is 0 Å². The molecular weight excluding hydrogens is 274 g/mol. The van der Waals surface area contributed by atoms with Gasteiger partial charge in [-0.2, -0.15) is 0 Å². The number of benzene rings is 2. The van der Waals surface area contributed by atoms with Crippen LogP contribution >= 0.6 is 0 Å². The van der Waals surface area contributed by atoms with E-state index in [2.05, 4.69) is 18.3 Å². The fraction of sp³-hybridized carbons (Fsp3) is 0.316. The van der Waals surface area contributed by atoms with Crippen molar-refractivity contribution in [3.05, 3.63) is 64.2 Å². The Morgan fingerprint density at radius 3 is 2.59 bits per heavy atom. The minimum absolute atomic E-state index is 0.0502. The summed E-state index contributed by atoms with van der Waals surface area (Å²) in [5.41, 5.74) is 5.15. The van der Waals surface area contributed by atoms with Crippen LogP contribution in [0.4, 0.5) is 0 Å². The molecule has 2 rings (SSSR count). The molecule has 116 valence electrons. The zero-order chi connectivity index (χ0) is 16.1. The van der Waals surface area contributed by atoms with Gasteiger partial charge in [0.25, 0.3) is 5.91 Å². The van der Waals surface area contributed by atoms with Crippen molar-refractivity contribution in [1.82, 2.24) is 5.32 Å². The fourth-order valence-electron chi connectivity index (χ4n) is 2.28. The molecule has 0 aliphatic rings. The first-order chi connectivity index (χ1) is 10.5. The monoisotopic (exact) mass is 297 g/mol. The first-order valence-corrected chi connectivity index (χ1v) is 7.53. The lowest BCUT2D eigenvalue weighted by Gasteiger charge is -2.12. The minimum Gasteiger partial charge on any atom is -0.491 e. The first kappa shape index (κ1) is 16.1. The average molecular weight is 297 g/mol. The number of carbonyl (C=O) groups excluding carboxylic acids is 1. The SMILES string of the molecule is Cc1ccc(C)c(C(=O)NCCOc2cccc(C)c2C)c1. The predicted molar refractivity (Wildman–Crippen MR) is 89.7 cm³/mol. The summed E-state index contributed by atoms with van der Waals surface area (Å²) in [6.07, 6.45) is 0. The molecule has 1 amide bonds. The Morgan fingerprint density at radius 2 is 1.82 bits per heavy atom. The molecule has 0 saturated carbocycles. The number of hydrogen-bond acceptors (Lipinski definition) is 2. The van der Waals surface area contributed by atoms with Gasteiger partial charge in [0.1, 0.15) is 12.4 Å². The Bertz CT molecular complexity index is 677. The van der Waals surface area contributed by atoms with E-state index in [9.17, 15) is 4.79 Å². The van der Waals surface area contributed by atoms with Crippen molar-refractivity contribution in [1.29, 1.82) is 0 Å². The van der Waals surface area contributed by atoms with Crippen LogP contribution < -0.4 is 10.1 Å². The lowest BCUT2D eigenvalue weighted by Crippen LogP contribution is -2.28. The Balaban J connectivity index is 1.87. The van der Waals surface area contributed by atoms with Gasteiger partial charge in [0.15, 0.2) is 0 Å². The standard InChI is InChI=1S/C19H23NO2/c1-13-8-9-15(3)17(12-13)19(21)20-10-11-22-18-7-5-6-14(2)16(18)4/h5-9,12H,10-11H2,1-4H3,(H,20,21). The molecule has 0 aliphatic carbocycles. The van der Waals surface area contributed by atoms with Crippen LogP contribution in [0.3, 0.4) is 0 Å². The largest absolute Gasteiger partial charge is 0.491 e. The van der Waals surface area contributed by atoms with E-state index >= 15 is 0 Å². The van der Waals surface area contributed by atoms with Crippen molar-refractivity contribution in [2.24, 2.45) is 0 Å². The average Bonchev–Trinajstić information content (AvgIpc) is 2.50. The molecule has 0 aliphatic heterocycles. The smallest absolute Gasteiger partial charge is 0.251 e. The van der Waals surface area contributed by atoms with Crippen molar-refractivity contribution in [3.8, 4) is 5.75 Å². The highest BCUT2D eigenvalue weighted by molar-refractivity contribution is 5.95. The number of amides is 1. The number of rotatable bonds is 5. The summed E-state index contributed by atoms with van der Waals surface area (Å²) in [6.45, 7) is 8.98. The maximum absolute atomic E-state index is 12.2. The zero-order valence-corrected chi connectivity index (χ0v) is 13.7. The highest BCUT2D eigenvalue weighted by Crippen LogP contribution is 2.20. The number of nitrogens with one attached hydrogen (secondary N) is 1. The van der Waals surface area contributed by atoms with Crippen LogP contribution in [0.1, 0.15) is 32.6 Å². The minimum atomic E-state index is -0.0502. The number of aryl methyl sites for hydroxylation is 3. The molecule has 3 nitrogen and oxygen atoms in total. The molecule has 3 heteroatoms. The van der Waals surface area contributed by atoms with Crippen molar-refractivity contribution >= 4 is 5.91 Å². The van der Waals surface area contributed by atoms with Gasteiger partial charge in [-0.25, -0.2) is 0 Å². The summed E-state index contributed by atoms with van der Waals surface area (Å²) in [5, 5.41) is 2.91. The van der Waals surface area contributed by atoms with Gasteiger partial charge >= 0.3 is 0 Å². The van der Waals surface area contributed by atoms with Gasteiger partial charge in [-0.05, 0) is 56.5 Å². The second kappa shape index (κ2) is 7.12. The Hall–Kier alpha value is -2.29. The maximum atomic E-state index is 12.2. The molecule has 0 bridgehead atoms. The van der Waals surface area contributed by atoms with E-state index in [1.807, 2.05) is 51.1 Å². The molecule has 2 aromatic rings. The van der Waals surface area contributed by atoms with Crippen LogP contribution in [0.5, 0.6) is 5.75 Å². The van der Waals surface area contributed by atoms with Gasteiger partial charge in [-0.3, -0.25) is 4.79 Å². The maximum Gasteiger partial charge on any atom is 0.251 e. The van der Waals surface area contributed by atoms with Crippen molar-refractivity contribution in [2.75, 3.05) is 13.2 Å². The third kappa shape index (κ3) is 3.88. The van der Waals surface area contributed by atoms with E-state index in [-0.39, 0.29) is 5.91 Å². The normalized spacial score (nSPS) is 10.4. The number of carbonyl (C=O) groups is 1. The molecule has 0 heterocycles. The van der Waals surface area contributed by atoms with Gasteiger partial charge < -0.3 is 10.1 Å². The van der Waals surface area contributed by atoms with Crippen LogP contribution in [-0.4, -0.2) is 19.1 Å². The molecule has 0 atom stereocenters. The second-order valence-electron chi connectivity index (χ2n) is 5.62. The fourth-order valence-corrected chi connectivity index (χ4v) is 2.28. The molecule has 0 radical (unpaired) electrons. The molecule has 0 fully saturated rings. The van der Waals surface area contributed by atoms with Gasteiger partial charge in [-0.1, -0.05) is 29.8 Å². The lowest BCUT2D eigenvalue weighted by atomic mass is 10.1. The number of hydrogen-bond donors (Lipinski definition) is 1. The summed E-state index contributed by atoms with van der Waals surface area (Å²) in [6, 6.07) is 11.9. The van der Waals surface area contributed by atoms with Crippen molar-refractivity contribution < 1.29 is 9.53 Å². The topological polar surface area (TPSA) is 38.3 Å². The predicted octanol–water partition coefficient (Wildman–Crippen LogP) is 3.73. The Kier molecular flexibility index (Phi) is 5.21. The third-order valence-corrected chi connectivity index (χ3v) is 3.84. The van der Waals surface area contributed by atoms with Crippen molar-refractivity contribution in [2.45, 2.75) is 27.7 Å². The quantitative estimate of drug-likeness (QED) is 0.854. The summed E-state index contributed by atoms with van der Waals surface area (Å²) in [5.74, 6) is 0.826. The summed E-state index contributed by atoms with van der Waals surface area (Å²) in [7, 11) is 0. The number of ether oxygens (including phenoxy) is 1. The zero-order valence-electron chi connectivity index (χ0n) is 13.7. The summed E-state index contributed by atoms with van der Waals surface area (Å²) in [4.78, 5) is 12.2. The van der Waals surface area contributed by atoms with Gasteiger partial charge in [0, 0.05) is 5.56 Å². The lowest BCUT2D eigenvalue weighted by molar-refractivity contribution is 0.0946. The summed E-state index contributed by atoms with van der Waals surface area (Å²) < 4.78 is 5.74. The van der Waals surface area contributed by atoms with Gasteiger partial charge in [0.05, 0.1) is 6.54 Å². The molecule has 0 saturated heterocycles. The second-order valence-corrected chi connectivity index (χ2v) is 5.62. The third-order valence-electron chi connectivity index (χ3n) is 3.84. The highest BCUT2D eigenvalue weighted by atomic mass is 16.5. The molecule has 0 spiro atoms. The molecular formula is C19H23NO2. The van der Waals surface area contributed by atoms with E-state index in [0.717, 1.165) is 28.0 Å². The molecule has 0 unspecified atom stereocenters. The van der Waals surface area contributed by atoms with E-state index in [0.29, 0.717) is 13.2 Å². The molecule has 22 heavy (non-hydrogen) atoms. The highest BCUT2D eigenvalue weighted by Gasteiger charge is 2.08. The van der Waals surface area contributed by atoms with Crippen LogP contribution in [-0.2, 0) is 0 Å². The Morgan fingerprint density at radius 1 is 1.05 bits per heavy atom.